The van der Waals surface area contributed by atoms with E-state index in [1.165, 1.54) is 5.56 Å². The Morgan fingerprint density at radius 1 is 1.29 bits per heavy atom. The maximum absolute atomic E-state index is 6.19. The minimum atomic E-state index is 0.673. The van der Waals surface area contributed by atoms with E-state index in [1.807, 2.05) is 36.0 Å². The number of anilines is 1. The summed E-state index contributed by atoms with van der Waals surface area (Å²) >= 11 is 6.19. The molecular formula is C16H17ClN4. The molecular weight excluding hydrogens is 284 g/mol. The molecule has 1 aromatic carbocycles. The minimum Gasteiger partial charge on any atom is -0.380 e. The lowest BCUT2D eigenvalue weighted by Gasteiger charge is -2.10. The van der Waals surface area contributed by atoms with Gasteiger partial charge in [0.15, 0.2) is 0 Å². The number of aryl methyl sites for hydroxylation is 2. The van der Waals surface area contributed by atoms with E-state index in [4.69, 9.17) is 11.6 Å². The first kappa shape index (κ1) is 13.9. The average Bonchev–Trinajstić information content (AvgIpc) is 2.87. The van der Waals surface area contributed by atoms with Crippen molar-refractivity contribution in [3.05, 3.63) is 52.9 Å². The molecule has 0 atom stereocenters. The van der Waals surface area contributed by atoms with Crippen LogP contribution in [-0.4, -0.2) is 14.8 Å². The fourth-order valence-electron chi connectivity index (χ4n) is 2.51. The number of aromatic nitrogens is 3. The van der Waals surface area contributed by atoms with Crippen molar-refractivity contribution in [1.29, 1.82) is 0 Å². The lowest BCUT2D eigenvalue weighted by Crippen LogP contribution is -2.02. The molecule has 0 saturated heterocycles. The Morgan fingerprint density at radius 2 is 2.14 bits per heavy atom. The second kappa shape index (κ2) is 5.74. The summed E-state index contributed by atoms with van der Waals surface area (Å²) in [7, 11) is 1.95. The second-order valence-electron chi connectivity index (χ2n) is 4.98. The van der Waals surface area contributed by atoms with Crippen molar-refractivity contribution in [3.63, 3.8) is 0 Å². The summed E-state index contributed by atoms with van der Waals surface area (Å²) in [5, 5.41) is 9.64. The molecule has 3 rings (SSSR count). The number of nitrogens with one attached hydrogen (secondary N) is 1. The van der Waals surface area contributed by atoms with Gasteiger partial charge >= 0.3 is 0 Å². The highest BCUT2D eigenvalue weighted by molar-refractivity contribution is 6.35. The predicted molar refractivity (Wildman–Crippen MR) is 86.7 cm³/mol. The summed E-state index contributed by atoms with van der Waals surface area (Å²) in [5.74, 6) is 0. The van der Waals surface area contributed by atoms with Gasteiger partial charge in [-0.3, -0.25) is 9.67 Å². The predicted octanol–water partition coefficient (Wildman–Crippen LogP) is 3.80. The molecule has 0 spiro atoms. The summed E-state index contributed by atoms with van der Waals surface area (Å²) in [6.07, 6.45) is 4.75. The van der Waals surface area contributed by atoms with Crippen LogP contribution in [0.3, 0.4) is 0 Å². The van der Waals surface area contributed by atoms with Gasteiger partial charge in [-0.1, -0.05) is 18.5 Å². The number of nitrogens with zero attached hydrogens (tertiary/aromatic N) is 3. The first-order chi connectivity index (χ1) is 10.2. The molecule has 2 heterocycles. The van der Waals surface area contributed by atoms with Crippen molar-refractivity contribution < 1.29 is 0 Å². The molecule has 0 radical (unpaired) electrons. The molecule has 5 heteroatoms. The Labute approximate surface area is 128 Å². The largest absolute Gasteiger partial charge is 0.380 e. The summed E-state index contributed by atoms with van der Waals surface area (Å²) in [6, 6.07) is 7.82. The van der Waals surface area contributed by atoms with Gasteiger partial charge in [-0.15, -0.1) is 0 Å². The number of pyridine rings is 1. The number of rotatable bonds is 4. The third kappa shape index (κ3) is 2.72. The molecule has 0 bridgehead atoms. The lowest BCUT2D eigenvalue weighted by atomic mass is 10.1. The maximum atomic E-state index is 6.19. The fourth-order valence-corrected chi connectivity index (χ4v) is 2.73. The molecule has 0 aliphatic heterocycles. The molecule has 3 aromatic rings. The molecule has 0 saturated carbocycles. The van der Waals surface area contributed by atoms with Crippen LogP contribution in [0.15, 0.2) is 36.7 Å². The van der Waals surface area contributed by atoms with Gasteiger partial charge in [0.05, 0.1) is 16.2 Å². The smallest absolute Gasteiger partial charge is 0.0908 e. The number of fused-ring (bicyclic) bond motifs is 1. The molecule has 1 N–H and O–H groups in total. The Kier molecular flexibility index (Phi) is 3.80. The Balaban J connectivity index is 1.90. The van der Waals surface area contributed by atoms with E-state index in [2.05, 4.69) is 28.5 Å². The molecule has 0 unspecified atom stereocenters. The van der Waals surface area contributed by atoms with E-state index in [0.717, 1.165) is 35.2 Å². The normalized spacial score (nSPS) is 11.0. The fraction of sp³-hybridized carbons (Fsp3) is 0.250. The third-order valence-corrected chi connectivity index (χ3v) is 3.82. The Bertz CT molecular complexity index is 779. The summed E-state index contributed by atoms with van der Waals surface area (Å²) < 4.78 is 1.86. The highest BCUT2D eigenvalue weighted by atomic mass is 35.5. The standard InChI is InChI=1S/C16H17ClN4/c1-3-14-11(10-21(2)20-14)9-19-15-7-6-13(17)16-12(15)5-4-8-18-16/h4-8,10,19H,3,9H2,1-2H3. The number of benzene rings is 1. The van der Waals surface area contributed by atoms with Crippen molar-refractivity contribution in [2.45, 2.75) is 19.9 Å². The first-order valence-corrected chi connectivity index (χ1v) is 7.35. The molecule has 4 nitrogen and oxygen atoms in total. The van der Waals surface area contributed by atoms with E-state index in [1.54, 1.807) is 6.20 Å². The highest BCUT2D eigenvalue weighted by Gasteiger charge is 2.08. The average molecular weight is 301 g/mol. The van der Waals surface area contributed by atoms with Gasteiger partial charge in [-0.2, -0.15) is 5.10 Å². The SMILES string of the molecule is CCc1nn(C)cc1CNc1ccc(Cl)c2ncccc12. The van der Waals surface area contributed by atoms with Crippen molar-refractivity contribution >= 4 is 28.2 Å². The zero-order valence-electron chi connectivity index (χ0n) is 12.1. The second-order valence-corrected chi connectivity index (χ2v) is 5.38. The van der Waals surface area contributed by atoms with Gasteiger partial charge in [-0.05, 0) is 30.7 Å². The molecule has 0 amide bonds. The topological polar surface area (TPSA) is 42.7 Å². The van der Waals surface area contributed by atoms with Crippen molar-refractivity contribution in [3.8, 4) is 0 Å². The van der Waals surface area contributed by atoms with E-state index in [0.29, 0.717) is 5.02 Å². The van der Waals surface area contributed by atoms with Crippen LogP contribution in [0.2, 0.25) is 5.02 Å². The van der Waals surface area contributed by atoms with Gasteiger partial charge < -0.3 is 5.32 Å². The zero-order valence-corrected chi connectivity index (χ0v) is 12.9. The minimum absolute atomic E-state index is 0.673. The number of hydrogen-bond donors (Lipinski definition) is 1. The lowest BCUT2D eigenvalue weighted by molar-refractivity contribution is 0.746. The summed E-state index contributed by atoms with van der Waals surface area (Å²) in [6.45, 7) is 2.86. The van der Waals surface area contributed by atoms with E-state index >= 15 is 0 Å². The highest BCUT2D eigenvalue weighted by Crippen LogP contribution is 2.28. The van der Waals surface area contributed by atoms with Crippen LogP contribution in [0.4, 0.5) is 5.69 Å². The molecule has 0 aliphatic carbocycles. The van der Waals surface area contributed by atoms with Crippen LogP contribution in [0.5, 0.6) is 0 Å². The van der Waals surface area contributed by atoms with E-state index < -0.39 is 0 Å². The van der Waals surface area contributed by atoms with Crippen molar-refractivity contribution in [2.24, 2.45) is 7.05 Å². The number of halogens is 1. The molecule has 0 fully saturated rings. The zero-order chi connectivity index (χ0) is 14.8. The molecule has 2 aromatic heterocycles. The monoisotopic (exact) mass is 300 g/mol. The number of hydrogen-bond acceptors (Lipinski definition) is 3. The summed E-state index contributed by atoms with van der Waals surface area (Å²) in [5.41, 5.74) is 4.20. The molecule has 21 heavy (non-hydrogen) atoms. The van der Waals surface area contributed by atoms with Crippen molar-refractivity contribution in [1.82, 2.24) is 14.8 Å². The van der Waals surface area contributed by atoms with Gasteiger partial charge in [-0.25, -0.2) is 0 Å². The van der Waals surface area contributed by atoms with Gasteiger partial charge in [0, 0.05) is 42.6 Å². The van der Waals surface area contributed by atoms with Crippen LogP contribution in [-0.2, 0) is 20.0 Å². The van der Waals surface area contributed by atoms with Crippen LogP contribution >= 0.6 is 11.6 Å². The van der Waals surface area contributed by atoms with Gasteiger partial charge in [0.25, 0.3) is 0 Å². The third-order valence-electron chi connectivity index (χ3n) is 3.52. The van der Waals surface area contributed by atoms with Crippen LogP contribution < -0.4 is 5.32 Å². The van der Waals surface area contributed by atoms with Gasteiger partial charge in [0.1, 0.15) is 0 Å². The Morgan fingerprint density at radius 3 is 2.95 bits per heavy atom. The molecule has 0 aliphatic rings. The van der Waals surface area contributed by atoms with Gasteiger partial charge in [0.2, 0.25) is 0 Å². The van der Waals surface area contributed by atoms with E-state index in [9.17, 15) is 0 Å². The molecule has 108 valence electrons. The Hall–Kier alpha value is -2.07. The van der Waals surface area contributed by atoms with Crippen LogP contribution in [0, 0.1) is 0 Å². The van der Waals surface area contributed by atoms with Crippen LogP contribution in [0.1, 0.15) is 18.2 Å². The van der Waals surface area contributed by atoms with E-state index in [-0.39, 0.29) is 0 Å². The quantitative estimate of drug-likeness (QED) is 0.797. The summed E-state index contributed by atoms with van der Waals surface area (Å²) in [4.78, 5) is 4.35. The van der Waals surface area contributed by atoms with Crippen molar-refractivity contribution in [2.75, 3.05) is 5.32 Å². The maximum Gasteiger partial charge on any atom is 0.0908 e. The first-order valence-electron chi connectivity index (χ1n) is 6.97. The van der Waals surface area contributed by atoms with Crippen LogP contribution in [0.25, 0.3) is 10.9 Å².